The molecule has 1 rings (SSSR count). The Morgan fingerprint density at radius 3 is 2.48 bits per heavy atom. The number of carbonyl (C=O) groups excluding carboxylic acids is 1. The molecule has 0 fully saturated rings. The number of halogens is 4. The molecule has 0 aliphatic heterocycles. The minimum absolute atomic E-state index is 0.258. The fourth-order valence-corrected chi connectivity index (χ4v) is 1.35. The lowest BCUT2D eigenvalue weighted by Gasteiger charge is -2.25. The molecule has 1 aromatic carbocycles. The Morgan fingerprint density at radius 1 is 1.43 bits per heavy atom. The fraction of sp³-hybridized carbons (Fsp3) is 0.364. The third-order valence-corrected chi connectivity index (χ3v) is 2.54. The average molecular weight is 310 g/mol. The summed E-state index contributed by atoms with van der Waals surface area (Å²) in [6.07, 6.45) is -6.32. The van der Waals surface area contributed by atoms with Crippen molar-refractivity contribution in [1.82, 2.24) is 0 Å². The Kier molecular flexibility index (Phi) is 4.52. The smallest absolute Gasteiger partial charge is 0.380 e. The third-order valence-electron chi connectivity index (χ3n) is 2.54. The Labute approximate surface area is 115 Å². The molecule has 0 radical (unpaired) electrons. The van der Waals surface area contributed by atoms with E-state index in [4.69, 9.17) is 5.11 Å². The van der Waals surface area contributed by atoms with E-state index in [9.17, 15) is 32.5 Å². The zero-order valence-corrected chi connectivity index (χ0v) is 10.6. The average Bonchev–Trinajstić information content (AvgIpc) is 2.29. The molecule has 0 aromatic heterocycles. The molecule has 0 saturated carbocycles. The molecule has 0 aliphatic carbocycles. The van der Waals surface area contributed by atoms with E-state index >= 15 is 0 Å². The van der Waals surface area contributed by atoms with Crippen LogP contribution in [0.4, 0.5) is 28.9 Å². The number of hydrogen-bond donors (Lipinski definition) is 2. The number of benzene rings is 1. The molecule has 2 N–H and O–H groups in total. The van der Waals surface area contributed by atoms with E-state index in [2.05, 4.69) is 0 Å². The molecule has 0 aliphatic rings. The minimum Gasteiger partial charge on any atom is -0.380 e. The van der Waals surface area contributed by atoms with Gasteiger partial charge in [0.1, 0.15) is 0 Å². The number of rotatable bonds is 4. The Bertz CT molecular complexity index is 572. The highest BCUT2D eigenvalue weighted by Gasteiger charge is 2.50. The normalized spacial score (nSPS) is 14.4. The molecule has 0 saturated heterocycles. The predicted molar refractivity (Wildman–Crippen MR) is 63.0 cm³/mol. The molecule has 0 unspecified atom stereocenters. The third kappa shape index (κ3) is 4.12. The van der Waals surface area contributed by atoms with Crippen LogP contribution in [-0.4, -0.2) is 27.7 Å². The van der Waals surface area contributed by atoms with E-state index in [-0.39, 0.29) is 5.69 Å². The largest absolute Gasteiger partial charge is 0.417 e. The standard InChI is InChI=1S/C11H10F4N2O4/c1-10(19,11(13,14)15)5-9(18)16-6-2-3-7(12)8(4-6)17(20)21/h2-4,19H,5H2,1H3,(H,16,18)/t10-/m0/s1. The van der Waals surface area contributed by atoms with Gasteiger partial charge in [0.2, 0.25) is 11.7 Å². The second kappa shape index (κ2) is 5.64. The highest BCUT2D eigenvalue weighted by molar-refractivity contribution is 5.91. The summed E-state index contributed by atoms with van der Waals surface area (Å²) in [4.78, 5) is 20.8. The molecule has 1 amide bonds. The second-order valence-corrected chi connectivity index (χ2v) is 4.42. The van der Waals surface area contributed by atoms with Gasteiger partial charge in [-0.2, -0.15) is 17.6 Å². The molecule has 0 spiro atoms. The monoisotopic (exact) mass is 310 g/mol. The maximum Gasteiger partial charge on any atom is 0.417 e. The van der Waals surface area contributed by atoms with Crippen molar-refractivity contribution in [2.75, 3.05) is 5.32 Å². The Morgan fingerprint density at radius 2 is 2.00 bits per heavy atom. The van der Waals surface area contributed by atoms with Gasteiger partial charge < -0.3 is 10.4 Å². The summed E-state index contributed by atoms with van der Waals surface area (Å²) in [7, 11) is 0. The zero-order chi connectivity index (χ0) is 16.4. The van der Waals surface area contributed by atoms with E-state index in [1.54, 1.807) is 0 Å². The first-order valence-corrected chi connectivity index (χ1v) is 5.47. The number of nitro groups is 1. The molecular weight excluding hydrogens is 300 g/mol. The SMILES string of the molecule is C[C@](O)(CC(=O)Nc1ccc(F)c([N+](=O)[O-])c1)C(F)(F)F. The lowest BCUT2D eigenvalue weighted by atomic mass is 10.0. The summed E-state index contributed by atoms with van der Waals surface area (Å²) >= 11 is 0. The van der Waals surface area contributed by atoms with Gasteiger partial charge in [-0.05, 0) is 19.1 Å². The van der Waals surface area contributed by atoms with Crippen LogP contribution < -0.4 is 5.32 Å². The predicted octanol–water partition coefficient (Wildman–Crippen LogP) is 2.38. The van der Waals surface area contributed by atoms with Crippen LogP contribution in [0.25, 0.3) is 0 Å². The van der Waals surface area contributed by atoms with Crippen LogP contribution in [0, 0.1) is 15.9 Å². The molecule has 116 valence electrons. The number of alkyl halides is 3. The number of nitrogens with one attached hydrogen (secondary N) is 1. The van der Waals surface area contributed by atoms with Gasteiger partial charge in [0.25, 0.3) is 0 Å². The number of amides is 1. The summed E-state index contributed by atoms with van der Waals surface area (Å²) in [6, 6.07) is 2.30. The van der Waals surface area contributed by atoms with Crippen molar-refractivity contribution in [1.29, 1.82) is 0 Å². The van der Waals surface area contributed by atoms with Crippen molar-refractivity contribution in [2.24, 2.45) is 0 Å². The molecule has 1 atom stereocenters. The van der Waals surface area contributed by atoms with Crippen LogP contribution in [-0.2, 0) is 4.79 Å². The van der Waals surface area contributed by atoms with Crippen LogP contribution in [0.1, 0.15) is 13.3 Å². The van der Waals surface area contributed by atoms with Crippen molar-refractivity contribution in [3.05, 3.63) is 34.1 Å². The van der Waals surface area contributed by atoms with Crippen molar-refractivity contribution < 1.29 is 32.4 Å². The molecular formula is C11H10F4N2O4. The maximum absolute atomic E-state index is 13.0. The first-order valence-electron chi connectivity index (χ1n) is 5.47. The van der Waals surface area contributed by atoms with Gasteiger partial charge in [-0.15, -0.1) is 0 Å². The number of aliphatic hydroxyl groups is 1. The maximum atomic E-state index is 13.0. The highest BCUT2D eigenvalue weighted by Crippen LogP contribution is 2.33. The van der Waals surface area contributed by atoms with E-state index in [1.807, 2.05) is 5.32 Å². The minimum atomic E-state index is -5.01. The van der Waals surface area contributed by atoms with Gasteiger partial charge in [0, 0.05) is 11.8 Å². The van der Waals surface area contributed by atoms with Crippen molar-refractivity contribution in [3.8, 4) is 0 Å². The molecule has 1 aromatic rings. The van der Waals surface area contributed by atoms with Crippen molar-refractivity contribution in [2.45, 2.75) is 25.1 Å². The lowest BCUT2D eigenvalue weighted by molar-refractivity contribution is -0.387. The van der Waals surface area contributed by atoms with E-state index in [1.165, 1.54) is 0 Å². The quantitative estimate of drug-likeness (QED) is 0.507. The number of nitrogens with zero attached hydrogens (tertiary/aromatic N) is 1. The summed E-state index contributed by atoms with van der Waals surface area (Å²) in [5.74, 6) is -2.38. The molecule has 21 heavy (non-hydrogen) atoms. The summed E-state index contributed by atoms with van der Waals surface area (Å²) < 4.78 is 50.2. The molecule has 0 bridgehead atoms. The topological polar surface area (TPSA) is 92.5 Å². The van der Waals surface area contributed by atoms with Crippen molar-refractivity contribution in [3.63, 3.8) is 0 Å². The molecule has 0 heterocycles. The van der Waals surface area contributed by atoms with Crippen LogP contribution in [0.2, 0.25) is 0 Å². The first-order chi connectivity index (χ1) is 9.44. The van der Waals surface area contributed by atoms with Crippen LogP contribution >= 0.6 is 0 Å². The van der Waals surface area contributed by atoms with Gasteiger partial charge in [0.05, 0.1) is 11.3 Å². The van der Waals surface area contributed by atoms with Gasteiger partial charge in [-0.25, -0.2) is 0 Å². The van der Waals surface area contributed by atoms with Gasteiger partial charge >= 0.3 is 11.9 Å². The number of nitro benzene ring substituents is 1. The first kappa shape index (κ1) is 16.8. The lowest BCUT2D eigenvalue weighted by Crippen LogP contribution is -2.44. The van der Waals surface area contributed by atoms with E-state index < -0.39 is 40.5 Å². The molecule has 6 nitrogen and oxygen atoms in total. The Balaban J connectivity index is 2.85. The number of carbonyl (C=O) groups is 1. The Hall–Kier alpha value is -2.23. The molecule has 10 heteroatoms. The van der Waals surface area contributed by atoms with Crippen LogP contribution in [0.15, 0.2) is 18.2 Å². The summed E-state index contributed by atoms with van der Waals surface area (Å²) in [5, 5.41) is 21.5. The fourth-order valence-electron chi connectivity index (χ4n) is 1.35. The van der Waals surface area contributed by atoms with E-state index in [0.717, 1.165) is 6.07 Å². The van der Waals surface area contributed by atoms with Crippen molar-refractivity contribution >= 4 is 17.3 Å². The summed E-state index contributed by atoms with van der Waals surface area (Å²) in [5.41, 5.74) is -4.44. The highest BCUT2D eigenvalue weighted by atomic mass is 19.4. The number of anilines is 1. The zero-order valence-electron chi connectivity index (χ0n) is 10.6. The van der Waals surface area contributed by atoms with Gasteiger partial charge in [-0.1, -0.05) is 0 Å². The van der Waals surface area contributed by atoms with Crippen LogP contribution in [0.5, 0.6) is 0 Å². The summed E-state index contributed by atoms with van der Waals surface area (Å²) in [6.45, 7) is 0.416. The van der Waals surface area contributed by atoms with Crippen LogP contribution in [0.3, 0.4) is 0 Å². The number of hydrogen-bond acceptors (Lipinski definition) is 4. The van der Waals surface area contributed by atoms with Gasteiger partial charge in [0.15, 0.2) is 5.60 Å². The second-order valence-electron chi connectivity index (χ2n) is 4.42. The van der Waals surface area contributed by atoms with Gasteiger partial charge in [-0.3, -0.25) is 14.9 Å². The van der Waals surface area contributed by atoms with E-state index in [0.29, 0.717) is 19.1 Å².